The van der Waals surface area contributed by atoms with Crippen molar-refractivity contribution in [1.29, 1.82) is 5.26 Å². The number of hydrogen-bond donors (Lipinski definition) is 1. The van der Waals surface area contributed by atoms with Crippen molar-refractivity contribution in [1.82, 2.24) is 15.1 Å². The minimum Gasteiger partial charge on any atom is -0.356 e. The van der Waals surface area contributed by atoms with Gasteiger partial charge in [-0.3, -0.25) is 14.5 Å². The fraction of sp³-hybridized carbons (Fsp3) is 0.625. The average Bonchev–Trinajstić information content (AvgIpc) is 3.06. The second kappa shape index (κ2) is 9.61. The Kier molecular flexibility index (Phi) is 7.14. The summed E-state index contributed by atoms with van der Waals surface area (Å²) < 4.78 is 0. The van der Waals surface area contributed by atoms with Gasteiger partial charge >= 0.3 is 0 Å². The number of hydrogen-bond acceptors (Lipinski definition) is 4. The van der Waals surface area contributed by atoms with Gasteiger partial charge in [0.25, 0.3) is 0 Å². The van der Waals surface area contributed by atoms with Crippen LogP contribution >= 0.6 is 0 Å². The summed E-state index contributed by atoms with van der Waals surface area (Å²) in [6, 6.07) is 12.8. The second-order valence-electron chi connectivity index (χ2n) is 9.15. The normalized spacial score (nSPS) is 26.2. The van der Waals surface area contributed by atoms with E-state index < -0.39 is 0 Å². The molecule has 1 saturated carbocycles. The molecule has 6 nitrogen and oxygen atoms in total. The van der Waals surface area contributed by atoms with E-state index in [2.05, 4.69) is 60.7 Å². The van der Waals surface area contributed by atoms with Gasteiger partial charge < -0.3 is 10.2 Å². The molecule has 1 aliphatic carbocycles. The molecule has 1 aliphatic heterocycles. The van der Waals surface area contributed by atoms with Crippen molar-refractivity contribution in [3.05, 3.63) is 35.9 Å². The van der Waals surface area contributed by atoms with Gasteiger partial charge in [0, 0.05) is 44.4 Å². The first kappa shape index (κ1) is 22.3. The molecule has 1 saturated heterocycles. The molecule has 2 aliphatic rings. The second-order valence-corrected chi connectivity index (χ2v) is 9.15. The van der Waals surface area contributed by atoms with Crippen molar-refractivity contribution in [3.8, 4) is 6.07 Å². The van der Waals surface area contributed by atoms with Crippen molar-refractivity contribution in [2.24, 2.45) is 5.41 Å². The van der Waals surface area contributed by atoms with E-state index in [-0.39, 0.29) is 22.8 Å². The lowest BCUT2D eigenvalue weighted by atomic mass is 9.64. The predicted octanol–water partition coefficient (Wildman–Crippen LogP) is 3.05. The molecule has 30 heavy (non-hydrogen) atoms. The van der Waals surface area contributed by atoms with Gasteiger partial charge in [0.15, 0.2) is 0 Å². The monoisotopic (exact) mass is 410 g/mol. The van der Waals surface area contributed by atoms with Crippen LogP contribution in [0.4, 0.5) is 0 Å². The molecule has 162 valence electrons. The fourth-order valence-corrected chi connectivity index (χ4v) is 5.18. The van der Waals surface area contributed by atoms with Gasteiger partial charge in [0.05, 0.1) is 6.07 Å². The number of nitrogens with one attached hydrogen (secondary N) is 1. The Morgan fingerprint density at radius 1 is 1.20 bits per heavy atom. The first-order valence-corrected chi connectivity index (χ1v) is 11.1. The topological polar surface area (TPSA) is 76.4 Å². The largest absolute Gasteiger partial charge is 0.356 e. The lowest BCUT2D eigenvalue weighted by molar-refractivity contribution is -0.128. The molecule has 1 aromatic carbocycles. The molecule has 0 unspecified atom stereocenters. The van der Waals surface area contributed by atoms with E-state index in [1.165, 1.54) is 5.56 Å². The maximum atomic E-state index is 12.7. The van der Waals surface area contributed by atoms with Crippen LogP contribution in [0.25, 0.3) is 0 Å². The van der Waals surface area contributed by atoms with Crippen molar-refractivity contribution < 1.29 is 9.59 Å². The molecule has 1 aromatic rings. The van der Waals surface area contributed by atoms with Crippen LogP contribution in [0.3, 0.4) is 0 Å². The standard InChI is InChI=1S/C24H34N4O2/c1-27(2)24(20-8-4-3-5-9-20)13-11-23(12-14-24)18-22(30)28(19-23)17-10-21(29)26-16-7-6-15-25/h3-5,8-9H,6-7,10-14,16-19H2,1-2H3,(H,26,29)/t23-,24-. The molecule has 2 amide bonds. The fourth-order valence-electron chi connectivity index (χ4n) is 5.18. The third kappa shape index (κ3) is 4.84. The predicted molar refractivity (Wildman–Crippen MR) is 116 cm³/mol. The lowest BCUT2D eigenvalue weighted by Gasteiger charge is -2.48. The summed E-state index contributed by atoms with van der Waals surface area (Å²) >= 11 is 0. The van der Waals surface area contributed by atoms with E-state index in [9.17, 15) is 9.59 Å². The Morgan fingerprint density at radius 3 is 2.53 bits per heavy atom. The summed E-state index contributed by atoms with van der Waals surface area (Å²) in [7, 11) is 4.32. The van der Waals surface area contributed by atoms with Crippen LogP contribution in [0.2, 0.25) is 0 Å². The van der Waals surface area contributed by atoms with Crippen molar-refractivity contribution in [2.75, 3.05) is 33.7 Å². The minimum absolute atomic E-state index is 0.0340. The SMILES string of the molecule is CN(C)[C@]1(c2ccccc2)CC[C@@]2(CC1)CC(=O)N(CCC(=O)NCCCC#N)C2. The molecule has 1 heterocycles. The van der Waals surface area contributed by atoms with Crippen LogP contribution in [0, 0.1) is 16.7 Å². The lowest BCUT2D eigenvalue weighted by Crippen LogP contribution is -2.47. The van der Waals surface area contributed by atoms with E-state index >= 15 is 0 Å². The molecule has 3 rings (SSSR count). The van der Waals surface area contributed by atoms with Gasteiger partial charge in [-0.25, -0.2) is 0 Å². The van der Waals surface area contributed by atoms with Crippen LogP contribution in [-0.4, -0.2) is 55.3 Å². The van der Waals surface area contributed by atoms with E-state index in [1.54, 1.807) is 0 Å². The number of carbonyl (C=O) groups is 2. The number of carbonyl (C=O) groups excluding carboxylic acids is 2. The van der Waals surface area contributed by atoms with Crippen LogP contribution in [0.5, 0.6) is 0 Å². The van der Waals surface area contributed by atoms with Crippen LogP contribution in [0.15, 0.2) is 30.3 Å². The summed E-state index contributed by atoms with van der Waals surface area (Å²) in [5.41, 5.74) is 1.44. The first-order chi connectivity index (χ1) is 14.4. The van der Waals surface area contributed by atoms with Gasteiger partial charge in [0.1, 0.15) is 0 Å². The molecule has 2 fully saturated rings. The third-order valence-corrected chi connectivity index (χ3v) is 7.11. The summed E-state index contributed by atoms with van der Waals surface area (Å²) in [6.07, 6.45) is 6.21. The van der Waals surface area contributed by atoms with Crippen LogP contribution in [0.1, 0.15) is 56.9 Å². The Balaban J connectivity index is 1.55. The smallest absolute Gasteiger partial charge is 0.223 e. The number of amides is 2. The van der Waals surface area contributed by atoms with Gasteiger partial charge in [-0.05, 0) is 57.2 Å². The Morgan fingerprint density at radius 2 is 1.90 bits per heavy atom. The van der Waals surface area contributed by atoms with E-state index in [4.69, 9.17) is 5.26 Å². The zero-order valence-electron chi connectivity index (χ0n) is 18.3. The highest BCUT2D eigenvalue weighted by molar-refractivity contribution is 5.81. The molecule has 6 heteroatoms. The number of unbranched alkanes of at least 4 members (excludes halogenated alkanes) is 1. The maximum absolute atomic E-state index is 12.7. The van der Waals surface area contributed by atoms with Crippen LogP contribution < -0.4 is 5.32 Å². The Labute approximate surface area is 180 Å². The first-order valence-electron chi connectivity index (χ1n) is 11.1. The van der Waals surface area contributed by atoms with E-state index in [0.29, 0.717) is 38.8 Å². The summed E-state index contributed by atoms with van der Waals surface area (Å²) in [5, 5.41) is 11.4. The number of nitriles is 1. The Bertz CT molecular complexity index is 776. The van der Waals surface area contributed by atoms with Crippen LogP contribution in [-0.2, 0) is 15.1 Å². The molecule has 0 bridgehead atoms. The van der Waals surface area contributed by atoms with Gasteiger partial charge in [-0.1, -0.05) is 30.3 Å². The Hall–Kier alpha value is -2.39. The third-order valence-electron chi connectivity index (χ3n) is 7.11. The van der Waals surface area contributed by atoms with Crippen molar-refractivity contribution >= 4 is 11.8 Å². The summed E-state index contributed by atoms with van der Waals surface area (Å²) in [5.74, 6) is 0.144. The summed E-state index contributed by atoms with van der Waals surface area (Å²) in [4.78, 5) is 28.9. The van der Waals surface area contributed by atoms with Gasteiger partial charge in [-0.2, -0.15) is 5.26 Å². The minimum atomic E-state index is -0.0407. The molecular formula is C24H34N4O2. The molecule has 0 radical (unpaired) electrons. The zero-order valence-corrected chi connectivity index (χ0v) is 18.3. The number of likely N-dealkylation sites (tertiary alicyclic amines) is 1. The summed E-state index contributed by atoms with van der Waals surface area (Å²) in [6.45, 7) is 1.78. The number of nitrogens with zero attached hydrogens (tertiary/aromatic N) is 3. The van der Waals surface area contributed by atoms with E-state index in [0.717, 1.165) is 32.2 Å². The number of rotatable bonds is 8. The van der Waals surface area contributed by atoms with Crippen molar-refractivity contribution in [3.63, 3.8) is 0 Å². The average molecular weight is 411 g/mol. The quantitative estimate of drug-likeness (QED) is 0.669. The molecule has 0 aromatic heterocycles. The van der Waals surface area contributed by atoms with Crippen molar-refractivity contribution in [2.45, 2.75) is 56.9 Å². The zero-order chi connectivity index (χ0) is 21.6. The van der Waals surface area contributed by atoms with Gasteiger partial charge in [-0.15, -0.1) is 0 Å². The van der Waals surface area contributed by atoms with Gasteiger partial charge in [0.2, 0.25) is 11.8 Å². The molecule has 1 N–H and O–H groups in total. The molecule has 0 atom stereocenters. The maximum Gasteiger partial charge on any atom is 0.223 e. The molecular weight excluding hydrogens is 376 g/mol. The number of benzene rings is 1. The molecule has 1 spiro atoms. The highest BCUT2D eigenvalue weighted by Gasteiger charge is 2.50. The highest BCUT2D eigenvalue weighted by Crippen LogP contribution is 2.52. The van der Waals surface area contributed by atoms with E-state index in [1.807, 2.05) is 4.90 Å². The highest BCUT2D eigenvalue weighted by atomic mass is 16.2.